The van der Waals surface area contributed by atoms with Crippen molar-refractivity contribution < 1.29 is 14.2 Å². The lowest BCUT2D eigenvalue weighted by molar-refractivity contribution is 0.122. The zero-order chi connectivity index (χ0) is 13.1. The Kier molecular flexibility index (Phi) is 8.21. The zero-order valence-electron chi connectivity index (χ0n) is 11.3. The van der Waals surface area contributed by atoms with Gasteiger partial charge in [0.25, 0.3) is 0 Å². The van der Waals surface area contributed by atoms with Crippen molar-refractivity contribution in [2.75, 3.05) is 40.5 Å². The quantitative estimate of drug-likeness (QED) is 0.646. The van der Waals surface area contributed by atoms with Crippen LogP contribution in [-0.4, -0.2) is 40.5 Å². The van der Waals surface area contributed by atoms with Gasteiger partial charge >= 0.3 is 0 Å². The summed E-state index contributed by atoms with van der Waals surface area (Å²) in [6, 6.07) is 7.93. The van der Waals surface area contributed by atoms with Crippen LogP contribution in [0, 0.1) is 0 Å². The van der Waals surface area contributed by atoms with Crippen molar-refractivity contribution in [3.05, 3.63) is 29.8 Å². The number of benzene rings is 1. The summed E-state index contributed by atoms with van der Waals surface area (Å²) in [6.07, 6.45) is 1.04. The first-order chi connectivity index (χ1) is 8.86. The van der Waals surface area contributed by atoms with Crippen LogP contribution >= 0.6 is 0 Å². The van der Waals surface area contributed by atoms with Crippen molar-refractivity contribution in [2.24, 2.45) is 0 Å². The van der Waals surface area contributed by atoms with E-state index >= 15 is 0 Å². The highest BCUT2D eigenvalue weighted by Gasteiger charge is 1.95. The molecule has 1 N–H and O–H groups in total. The summed E-state index contributed by atoms with van der Waals surface area (Å²) in [5.74, 6) is 0.874. The van der Waals surface area contributed by atoms with Crippen LogP contribution in [0.4, 0.5) is 0 Å². The molecule has 1 aromatic carbocycles. The molecule has 4 nitrogen and oxygen atoms in total. The molecule has 4 heteroatoms. The molecule has 0 aromatic heterocycles. The number of methoxy groups -OCH3 is 2. The smallest absolute Gasteiger partial charge is 0.118 e. The van der Waals surface area contributed by atoms with Gasteiger partial charge in [-0.1, -0.05) is 12.1 Å². The highest BCUT2D eigenvalue weighted by molar-refractivity contribution is 5.26. The normalized spacial score (nSPS) is 10.6. The van der Waals surface area contributed by atoms with E-state index in [-0.39, 0.29) is 0 Å². The molecule has 0 atom stereocenters. The molecule has 0 fully saturated rings. The first kappa shape index (κ1) is 15.0. The van der Waals surface area contributed by atoms with Crippen molar-refractivity contribution in [3.8, 4) is 5.75 Å². The van der Waals surface area contributed by atoms with E-state index in [1.807, 2.05) is 24.3 Å². The Labute approximate surface area is 109 Å². The highest BCUT2D eigenvalue weighted by atomic mass is 16.5. The Morgan fingerprint density at radius 2 is 1.78 bits per heavy atom. The van der Waals surface area contributed by atoms with E-state index < -0.39 is 0 Å². The summed E-state index contributed by atoms with van der Waals surface area (Å²) in [7, 11) is 3.39. The highest BCUT2D eigenvalue weighted by Crippen LogP contribution is 2.11. The molecular weight excluding hydrogens is 230 g/mol. The van der Waals surface area contributed by atoms with Crippen LogP contribution in [0.3, 0.4) is 0 Å². The maximum absolute atomic E-state index is 5.57. The van der Waals surface area contributed by atoms with E-state index in [4.69, 9.17) is 14.2 Å². The van der Waals surface area contributed by atoms with Gasteiger partial charge in [0.05, 0.1) is 20.3 Å². The summed E-state index contributed by atoms with van der Waals surface area (Å²) in [5.41, 5.74) is 1.16. The average molecular weight is 253 g/mol. The third-order valence-corrected chi connectivity index (χ3v) is 2.55. The lowest BCUT2D eigenvalue weighted by Gasteiger charge is -2.07. The molecule has 0 aliphatic rings. The fourth-order valence-corrected chi connectivity index (χ4v) is 1.52. The average Bonchev–Trinajstić information content (AvgIpc) is 2.42. The van der Waals surface area contributed by atoms with Crippen molar-refractivity contribution in [1.29, 1.82) is 0 Å². The molecule has 0 radical (unpaired) electrons. The van der Waals surface area contributed by atoms with Gasteiger partial charge in [-0.3, -0.25) is 0 Å². The van der Waals surface area contributed by atoms with Gasteiger partial charge < -0.3 is 19.5 Å². The molecule has 0 aliphatic heterocycles. The monoisotopic (exact) mass is 253 g/mol. The lowest BCUT2D eigenvalue weighted by atomic mass is 10.2. The number of hydrogen-bond acceptors (Lipinski definition) is 4. The minimum absolute atomic E-state index is 0.643. The molecule has 0 saturated heterocycles. The van der Waals surface area contributed by atoms with Crippen LogP contribution in [0.1, 0.15) is 12.0 Å². The van der Waals surface area contributed by atoms with Crippen molar-refractivity contribution in [3.63, 3.8) is 0 Å². The molecule has 102 valence electrons. The number of hydrogen-bond donors (Lipinski definition) is 1. The first-order valence-electron chi connectivity index (χ1n) is 6.27. The van der Waals surface area contributed by atoms with Crippen LogP contribution in [0.5, 0.6) is 5.75 Å². The minimum atomic E-state index is 0.643. The number of nitrogens with one attached hydrogen (secondary N) is 1. The van der Waals surface area contributed by atoms with Gasteiger partial charge in [-0.25, -0.2) is 0 Å². The molecule has 0 bridgehead atoms. The third kappa shape index (κ3) is 6.59. The third-order valence-electron chi connectivity index (χ3n) is 2.55. The van der Waals surface area contributed by atoms with E-state index in [2.05, 4.69) is 5.32 Å². The van der Waals surface area contributed by atoms with E-state index in [1.165, 1.54) is 0 Å². The fourth-order valence-electron chi connectivity index (χ4n) is 1.52. The van der Waals surface area contributed by atoms with Crippen LogP contribution in [0.15, 0.2) is 24.3 Å². The molecule has 18 heavy (non-hydrogen) atoms. The van der Waals surface area contributed by atoms with Crippen molar-refractivity contribution in [1.82, 2.24) is 5.32 Å². The summed E-state index contributed by atoms with van der Waals surface area (Å²) < 4.78 is 15.6. The standard InChI is InChI=1S/C14H23NO3/c1-16-10-3-8-15-9-11-18-12-13-4-6-14(17-2)7-5-13/h4-7,15H,3,8-12H2,1-2H3. The van der Waals surface area contributed by atoms with E-state index in [0.717, 1.165) is 44.0 Å². The molecule has 0 aliphatic carbocycles. The van der Waals surface area contributed by atoms with Gasteiger partial charge in [-0.15, -0.1) is 0 Å². The molecule has 0 unspecified atom stereocenters. The van der Waals surface area contributed by atoms with Gasteiger partial charge in [-0.05, 0) is 30.7 Å². The molecule has 1 rings (SSSR count). The van der Waals surface area contributed by atoms with E-state index in [0.29, 0.717) is 6.61 Å². The molecule has 0 heterocycles. The lowest BCUT2D eigenvalue weighted by Crippen LogP contribution is -2.21. The predicted molar refractivity (Wildman–Crippen MR) is 72.0 cm³/mol. The topological polar surface area (TPSA) is 39.7 Å². The maximum Gasteiger partial charge on any atom is 0.118 e. The van der Waals surface area contributed by atoms with Crippen molar-refractivity contribution in [2.45, 2.75) is 13.0 Å². The molecule has 1 aromatic rings. The van der Waals surface area contributed by atoms with Gasteiger partial charge in [0.15, 0.2) is 0 Å². The number of ether oxygens (including phenoxy) is 3. The second kappa shape index (κ2) is 9.88. The van der Waals surface area contributed by atoms with Crippen LogP contribution in [-0.2, 0) is 16.1 Å². The first-order valence-corrected chi connectivity index (χ1v) is 6.27. The largest absolute Gasteiger partial charge is 0.497 e. The molecule has 0 spiro atoms. The zero-order valence-corrected chi connectivity index (χ0v) is 11.3. The van der Waals surface area contributed by atoms with Gasteiger partial charge in [0, 0.05) is 20.3 Å². The fraction of sp³-hybridized carbons (Fsp3) is 0.571. The predicted octanol–water partition coefficient (Wildman–Crippen LogP) is 1.84. The van der Waals surface area contributed by atoms with E-state index in [9.17, 15) is 0 Å². The summed E-state index contributed by atoms with van der Waals surface area (Å²) >= 11 is 0. The molecular formula is C14H23NO3. The van der Waals surface area contributed by atoms with E-state index in [1.54, 1.807) is 14.2 Å². The summed E-state index contributed by atoms with van der Waals surface area (Å²) in [5, 5.41) is 3.30. The Bertz CT molecular complexity index is 300. The van der Waals surface area contributed by atoms with Crippen LogP contribution in [0.25, 0.3) is 0 Å². The Morgan fingerprint density at radius 1 is 1.00 bits per heavy atom. The molecule has 0 saturated carbocycles. The summed E-state index contributed by atoms with van der Waals surface area (Å²) in [6.45, 7) is 4.02. The Balaban J connectivity index is 2.00. The van der Waals surface area contributed by atoms with Gasteiger partial charge in [0.2, 0.25) is 0 Å². The van der Waals surface area contributed by atoms with Gasteiger partial charge in [0.1, 0.15) is 5.75 Å². The Morgan fingerprint density at radius 3 is 2.44 bits per heavy atom. The Hall–Kier alpha value is -1.10. The maximum atomic E-state index is 5.57. The minimum Gasteiger partial charge on any atom is -0.497 e. The second-order valence-electron chi connectivity index (χ2n) is 4.00. The second-order valence-corrected chi connectivity index (χ2v) is 4.00. The van der Waals surface area contributed by atoms with Crippen molar-refractivity contribution >= 4 is 0 Å². The number of rotatable bonds is 10. The van der Waals surface area contributed by atoms with Crippen LogP contribution in [0.2, 0.25) is 0 Å². The molecule has 0 amide bonds. The SMILES string of the molecule is COCCCNCCOCc1ccc(OC)cc1. The van der Waals surface area contributed by atoms with Crippen LogP contribution < -0.4 is 10.1 Å². The van der Waals surface area contributed by atoms with Gasteiger partial charge in [-0.2, -0.15) is 0 Å². The summed E-state index contributed by atoms with van der Waals surface area (Å²) in [4.78, 5) is 0.